The van der Waals surface area contributed by atoms with Crippen molar-refractivity contribution in [1.82, 2.24) is 0 Å². The molecule has 0 aromatic carbocycles. The SMILES string of the molecule is C=CC[SiH](Cl)C(=O)CC. The molecule has 0 bridgehead atoms. The van der Waals surface area contributed by atoms with Crippen molar-refractivity contribution in [3.63, 3.8) is 0 Å². The van der Waals surface area contributed by atoms with Crippen LogP contribution in [0.4, 0.5) is 0 Å². The molecule has 9 heavy (non-hydrogen) atoms. The second kappa shape index (κ2) is 4.76. The first-order valence-corrected chi connectivity index (χ1v) is 6.14. The van der Waals surface area contributed by atoms with Crippen LogP contribution >= 0.6 is 11.1 Å². The van der Waals surface area contributed by atoms with E-state index in [1.807, 2.05) is 6.92 Å². The number of rotatable bonds is 4. The maximum atomic E-state index is 10.8. The molecule has 0 aliphatic heterocycles. The van der Waals surface area contributed by atoms with Gasteiger partial charge in [-0.25, -0.2) is 0 Å². The van der Waals surface area contributed by atoms with Crippen LogP contribution in [0.25, 0.3) is 0 Å². The molecule has 0 saturated carbocycles. The van der Waals surface area contributed by atoms with Crippen LogP contribution in [0.1, 0.15) is 13.3 Å². The molecule has 0 radical (unpaired) electrons. The summed E-state index contributed by atoms with van der Waals surface area (Å²) in [5.74, 6) is 0. The maximum Gasteiger partial charge on any atom is 0.218 e. The molecular formula is C6H11ClOSi. The molecule has 0 spiro atoms. The van der Waals surface area contributed by atoms with E-state index in [1.165, 1.54) is 0 Å². The summed E-state index contributed by atoms with van der Waals surface area (Å²) in [6.45, 7) is 5.36. The Morgan fingerprint density at radius 1 is 1.89 bits per heavy atom. The van der Waals surface area contributed by atoms with Gasteiger partial charge in [-0.15, -0.1) is 6.58 Å². The predicted molar refractivity (Wildman–Crippen MR) is 43.3 cm³/mol. The third-order valence-electron chi connectivity index (χ3n) is 1.07. The largest absolute Gasteiger partial charge is 0.304 e. The molecule has 0 aliphatic carbocycles. The van der Waals surface area contributed by atoms with Crippen molar-refractivity contribution in [3.05, 3.63) is 12.7 Å². The van der Waals surface area contributed by atoms with Gasteiger partial charge in [0.1, 0.15) is 5.41 Å². The van der Waals surface area contributed by atoms with Crippen LogP contribution in [0.3, 0.4) is 0 Å². The van der Waals surface area contributed by atoms with Gasteiger partial charge in [-0.3, -0.25) is 0 Å². The second-order valence-electron chi connectivity index (χ2n) is 1.81. The van der Waals surface area contributed by atoms with Crippen molar-refractivity contribution in [2.24, 2.45) is 0 Å². The molecule has 1 unspecified atom stereocenters. The number of carbonyl (C=O) groups excluding carboxylic acids is 1. The average Bonchev–Trinajstić information content (AvgIpc) is 1.87. The molecule has 3 heteroatoms. The molecule has 0 heterocycles. The number of hydrogen-bond acceptors (Lipinski definition) is 1. The Morgan fingerprint density at radius 3 is 2.78 bits per heavy atom. The van der Waals surface area contributed by atoms with Crippen LogP contribution in [0, 0.1) is 0 Å². The van der Waals surface area contributed by atoms with E-state index in [0.717, 1.165) is 0 Å². The van der Waals surface area contributed by atoms with E-state index < -0.39 is 8.11 Å². The lowest BCUT2D eigenvalue weighted by Gasteiger charge is -1.98. The summed E-state index contributed by atoms with van der Waals surface area (Å²) in [6.07, 6.45) is 2.30. The fourth-order valence-electron chi connectivity index (χ4n) is 0.499. The van der Waals surface area contributed by atoms with Gasteiger partial charge in [-0.05, 0) is 12.5 Å². The Hall–Kier alpha value is -0.0831. The molecule has 0 aromatic heterocycles. The minimum atomic E-state index is -1.58. The highest BCUT2D eigenvalue weighted by Crippen LogP contribution is 2.01. The van der Waals surface area contributed by atoms with E-state index in [-0.39, 0.29) is 5.41 Å². The Bertz CT molecular complexity index is 114. The summed E-state index contributed by atoms with van der Waals surface area (Å²) in [4.78, 5) is 10.8. The third kappa shape index (κ3) is 3.49. The summed E-state index contributed by atoms with van der Waals surface area (Å²) in [5, 5.41) is 0.233. The quantitative estimate of drug-likeness (QED) is 0.349. The highest BCUT2D eigenvalue weighted by Gasteiger charge is 2.12. The second-order valence-corrected chi connectivity index (χ2v) is 5.44. The van der Waals surface area contributed by atoms with E-state index in [9.17, 15) is 4.79 Å². The zero-order valence-electron chi connectivity index (χ0n) is 5.56. The predicted octanol–water partition coefficient (Wildman–Crippen LogP) is 1.65. The highest BCUT2D eigenvalue weighted by molar-refractivity contribution is 7.23. The molecular weight excluding hydrogens is 152 g/mol. The van der Waals surface area contributed by atoms with Crippen molar-refractivity contribution in [2.75, 3.05) is 0 Å². The van der Waals surface area contributed by atoms with Crippen molar-refractivity contribution in [1.29, 1.82) is 0 Å². The first-order chi connectivity index (χ1) is 4.22. The van der Waals surface area contributed by atoms with E-state index in [4.69, 9.17) is 11.1 Å². The first kappa shape index (κ1) is 8.92. The van der Waals surface area contributed by atoms with Gasteiger partial charge in [0.15, 0.2) is 0 Å². The van der Waals surface area contributed by atoms with Crippen LogP contribution in [0.15, 0.2) is 12.7 Å². The van der Waals surface area contributed by atoms with Gasteiger partial charge < -0.3 is 4.79 Å². The smallest absolute Gasteiger partial charge is 0.218 e. The van der Waals surface area contributed by atoms with E-state index >= 15 is 0 Å². The van der Waals surface area contributed by atoms with Crippen LogP contribution < -0.4 is 0 Å². The topological polar surface area (TPSA) is 17.1 Å². The van der Waals surface area contributed by atoms with Crippen LogP contribution in [0.5, 0.6) is 0 Å². The third-order valence-corrected chi connectivity index (χ3v) is 4.19. The van der Waals surface area contributed by atoms with Gasteiger partial charge in [0.25, 0.3) is 0 Å². The monoisotopic (exact) mass is 162 g/mol. The lowest BCUT2D eigenvalue weighted by atomic mass is 10.6. The standard InChI is InChI=1S/C6H11ClOSi/c1-3-5-9(7)6(8)4-2/h3,9H,1,4-5H2,2H3. The number of allylic oxidation sites excluding steroid dienone is 1. The normalized spacial score (nSPS) is 12.7. The van der Waals surface area contributed by atoms with E-state index in [1.54, 1.807) is 6.08 Å². The summed E-state index contributed by atoms with van der Waals surface area (Å²) in [7, 11) is -1.58. The molecule has 0 aromatic rings. The number of carbonyl (C=O) groups is 1. The van der Waals surface area contributed by atoms with Gasteiger partial charge in [0.2, 0.25) is 8.11 Å². The van der Waals surface area contributed by atoms with Crippen molar-refractivity contribution in [2.45, 2.75) is 19.4 Å². The minimum Gasteiger partial charge on any atom is -0.304 e. The molecule has 0 saturated heterocycles. The van der Waals surface area contributed by atoms with Gasteiger partial charge in [-0.2, -0.15) is 11.1 Å². The Kier molecular flexibility index (Phi) is 4.72. The first-order valence-electron chi connectivity index (χ1n) is 3.00. The van der Waals surface area contributed by atoms with Gasteiger partial charge in [0, 0.05) is 0 Å². The van der Waals surface area contributed by atoms with Crippen molar-refractivity contribution in [3.8, 4) is 0 Å². The van der Waals surface area contributed by atoms with Crippen LogP contribution in [-0.4, -0.2) is 13.5 Å². The fourth-order valence-corrected chi connectivity index (χ4v) is 2.34. The molecule has 0 aliphatic rings. The Morgan fingerprint density at radius 2 is 2.44 bits per heavy atom. The van der Waals surface area contributed by atoms with Gasteiger partial charge >= 0.3 is 0 Å². The fraction of sp³-hybridized carbons (Fsp3) is 0.500. The molecule has 0 fully saturated rings. The van der Waals surface area contributed by atoms with Crippen LogP contribution in [0.2, 0.25) is 6.04 Å². The molecule has 0 amide bonds. The molecule has 1 atom stereocenters. The highest BCUT2D eigenvalue weighted by atomic mass is 35.6. The summed E-state index contributed by atoms with van der Waals surface area (Å²) in [6, 6.07) is 0.716. The number of halogens is 1. The summed E-state index contributed by atoms with van der Waals surface area (Å²) >= 11 is 5.75. The van der Waals surface area contributed by atoms with Gasteiger partial charge in [0.05, 0.1) is 0 Å². The summed E-state index contributed by atoms with van der Waals surface area (Å²) < 4.78 is 0. The maximum absolute atomic E-state index is 10.8. The van der Waals surface area contributed by atoms with Crippen molar-refractivity contribution < 1.29 is 4.79 Å². The zero-order valence-corrected chi connectivity index (χ0v) is 7.47. The van der Waals surface area contributed by atoms with Crippen molar-refractivity contribution >= 4 is 24.6 Å². The Labute approximate surface area is 62.0 Å². The minimum absolute atomic E-state index is 0.233. The molecule has 0 N–H and O–H groups in total. The van der Waals surface area contributed by atoms with E-state index in [2.05, 4.69) is 6.58 Å². The summed E-state index contributed by atoms with van der Waals surface area (Å²) in [5.41, 5.74) is 0. The number of hydrogen-bond donors (Lipinski definition) is 0. The van der Waals surface area contributed by atoms with Crippen LogP contribution in [-0.2, 0) is 4.79 Å². The van der Waals surface area contributed by atoms with E-state index in [0.29, 0.717) is 12.5 Å². The zero-order chi connectivity index (χ0) is 7.28. The molecule has 0 rings (SSSR count). The lowest BCUT2D eigenvalue weighted by Crippen LogP contribution is -2.16. The van der Waals surface area contributed by atoms with Gasteiger partial charge in [-0.1, -0.05) is 13.0 Å². The lowest BCUT2D eigenvalue weighted by molar-refractivity contribution is -0.111. The molecule has 1 nitrogen and oxygen atoms in total. The Balaban J connectivity index is 3.58. The molecule has 52 valence electrons. The average molecular weight is 163 g/mol.